The maximum Gasteiger partial charge on any atom is 0.0426 e. The average molecular weight is 339 g/mol. The van der Waals surface area contributed by atoms with E-state index in [-0.39, 0.29) is 0 Å². The Morgan fingerprint density at radius 1 is 0.808 bits per heavy atom. The standard InChI is InChI=1S/C25H25N/c1-19-16-23-10-6-7-11-24(23)25(17-19)26(2)18-20-12-14-22(15-13-20)21-8-4-3-5-9-21/h3-15,17,19H,16,18H2,1-2H3. The molecule has 0 aliphatic heterocycles. The number of allylic oxidation sites excluding steroid dienone is 1. The Morgan fingerprint density at radius 2 is 1.46 bits per heavy atom. The van der Waals surface area contributed by atoms with Crippen LogP contribution in [0.25, 0.3) is 16.8 Å². The van der Waals surface area contributed by atoms with Crippen molar-refractivity contribution in [3.05, 3.63) is 102 Å². The summed E-state index contributed by atoms with van der Waals surface area (Å²) in [6.07, 6.45) is 3.56. The zero-order valence-electron chi connectivity index (χ0n) is 15.5. The van der Waals surface area contributed by atoms with Crippen molar-refractivity contribution in [2.45, 2.75) is 19.9 Å². The van der Waals surface area contributed by atoms with Crippen LogP contribution in [0.3, 0.4) is 0 Å². The highest BCUT2D eigenvalue weighted by Crippen LogP contribution is 2.31. The number of benzene rings is 3. The molecule has 0 N–H and O–H groups in total. The van der Waals surface area contributed by atoms with E-state index in [4.69, 9.17) is 0 Å². The second-order valence-electron chi connectivity index (χ2n) is 7.31. The predicted octanol–water partition coefficient (Wildman–Crippen LogP) is 6.02. The van der Waals surface area contributed by atoms with E-state index < -0.39 is 0 Å². The van der Waals surface area contributed by atoms with E-state index in [0.717, 1.165) is 13.0 Å². The number of rotatable bonds is 4. The van der Waals surface area contributed by atoms with Gasteiger partial charge in [-0.3, -0.25) is 0 Å². The Hall–Kier alpha value is -2.80. The van der Waals surface area contributed by atoms with Crippen LogP contribution in [0.4, 0.5) is 0 Å². The lowest BCUT2D eigenvalue weighted by molar-refractivity contribution is 0.466. The van der Waals surface area contributed by atoms with Crippen LogP contribution in [0.1, 0.15) is 23.6 Å². The second kappa shape index (κ2) is 7.21. The third kappa shape index (κ3) is 3.43. The van der Waals surface area contributed by atoms with E-state index in [1.54, 1.807) is 0 Å². The van der Waals surface area contributed by atoms with Crippen LogP contribution in [-0.4, -0.2) is 11.9 Å². The SMILES string of the molecule is CC1C=C(N(C)Cc2ccc(-c3ccccc3)cc2)c2ccccc2C1. The zero-order chi connectivity index (χ0) is 17.9. The van der Waals surface area contributed by atoms with Gasteiger partial charge in [0.2, 0.25) is 0 Å². The predicted molar refractivity (Wildman–Crippen MR) is 111 cm³/mol. The van der Waals surface area contributed by atoms with E-state index in [2.05, 4.69) is 104 Å². The largest absolute Gasteiger partial charge is 0.370 e. The van der Waals surface area contributed by atoms with Crippen LogP contribution in [0.2, 0.25) is 0 Å². The van der Waals surface area contributed by atoms with Gasteiger partial charge in [-0.05, 0) is 34.6 Å². The molecule has 1 nitrogen and oxygen atoms in total. The summed E-state index contributed by atoms with van der Waals surface area (Å²) in [4.78, 5) is 2.38. The first-order valence-electron chi connectivity index (χ1n) is 9.36. The summed E-state index contributed by atoms with van der Waals surface area (Å²) in [6.45, 7) is 3.22. The Bertz CT molecular complexity index is 906. The maximum atomic E-state index is 2.42. The first-order valence-corrected chi connectivity index (χ1v) is 9.36. The van der Waals surface area contributed by atoms with E-state index in [1.807, 2.05) is 0 Å². The van der Waals surface area contributed by atoms with Crippen molar-refractivity contribution in [2.75, 3.05) is 7.05 Å². The molecule has 3 aromatic carbocycles. The smallest absolute Gasteiger partial charge is 0.0426 e. The van der Waals surface area contributed by atoms with Gasteiger partial charge in [-0.25, -0.2) is 0 Å². The number of hydrogen-bond donors (Lipinski definition) is 0. The Balaban J connectivity index is 1.54. The molecule has 0 aromatic heterocycles. The highest BCUT2D eigenvalue weighted by Gasteiger charge is 2.19. The minimum atomic E-state index is 0.586. The van der Waals surface area contributed by atoms with Crippen molar-refractivity contribution in [3.8, 4) is 11.1 Å². The van der Waals surface area contributed by atoms with Crippen molar-refractivity contribution in [1.29, 1.82) is 0 Å². The third-order valence-electron chi connectivity index (χ3n) is 5.17. The first-order chi connectivity index (χ1) is 12.7. The minimum Gasteiger partial charge on any atom is -0.370 e. The summed E-state index contributed by atoms with van der Waals surface area (Å²) >= 11 is 0. The lowest BCUT2D eigenvalue weighted by Gasteiger charge is -2.29. The summed E-state index contributed by atoms with van der Waals surface area (Å²) in [5, 5.41) is 0. The number of fused-ring (bicyclic) bond motifs is 1. The van der Waals surface area contributed by atoms with Crippen LogP contribution >= 0.6 is 0 Å². The molecule has 1 aliphatic carbocycles. The van der Waals surface area contributed by atoms with Crippen molar-refractivity contribution in [3.63, 3.8) is 0 Å². The summed E-state index contributed by atoms with van der Waals surface area (Å²) in [6, 6.07) is 28.3. The van der Waals surface area contributed by atoms with E-state index in [0.29, 0.717) is 5.92 Å². The summed E-state index contributed by atoms with van der Waals surface area (Å²) in [7, 11) is 2.20. The van der Waals surface area contributed by atoms with Gasteiger partial charge in [0.25, 0.3) is 0 Å². The van der Waals surface area contributed by atoms with Crippen molar-refractivity contribution < 1.29 is 0 Å². The fourth-order valence-corrected chi connectivity index (χ4v) is 3.84. The van der Waals surface area contributed by atoms with Crippen LogP contribution in [0, 0.1) is 5.92 Å². The van der Waals surface area contributed by atoms with E-state index >= 15 is 0 Å². The van der Waals surface area contributed by atoms with Crippen LogP contribution in [0.5, 0.6) is 0 Å². The fourth-order valence-electron chi connectivity index (χ4n) is 3.84. The molecule has 0 saturated carbocycles. The molecule has 0 radical (unpaired) electrons. The van der Waals surface area contributed by atoms with Gasteiger partial charge >= 0.3 is 0 Å². The van der Waals surface area contributed by atoms with Gasteiger partial charge in [0.1, 0.15) is 0 Å². The van der Waals surface area contributed by atoms with Gasteiger partial charge < -0.3 is 4.90 Å². The van der Waals surface area contributed by atoms with Gasteiger partial charge in [-0.2, -0.15) is 0 Å². The van der Waals surface area contributed by atoms with Crippen molar-refractivity contribution >= 4 is 5.70 Å². The summed E-state index contributed by atoms with van der Waals surface area (Å²) in [5.74, 6) is 0.586. The van der Waals surface area contributed by atoms with Crippen LogP contribution in [0.15, 0.2) is 84.9 Å². The van der Waals surface area contributed by atoms with Crippen molar-refractivity contribution in [1.82, 2.24) is 4.90 Å². The molecule has 130 valence electrons. The maximum absolute atomic E-state index is 2.42. The molecule has 0 fully saturated rings. The molecule has 0 saturated heterocycles. The molecule has 1 atom stereocenters. The molecule has 0 heterocycles. The molecule has 1 heteroatoms. The van der Waals surface area contributed by atoms with Gasteiger partial charge in [0.15, 0.2) is 0 Å². The van der Waals surface area contributed by atoms with E-state index in [9.17, 15) is 0 Å². The van der Waals surface area contributed by atoms with Crippen LogP contribution < -0.4 is 0 Å². The highest BCUT2D eigenvalue weighted by molar-refractivity contribution is 5.69. The molecular formula is C25H25N. The monoisotopic (exact) mass is 339 g/mol. The Morgan fingerprint density at radius 3 is 2.23 bits per heavy atom. The normalized spacial score (nSPS) is 15.9. The lowest BCUT2D eigenvalue weighted by atomic mass is 9.88. The van der Waals surface area contributed by atoms with Gasteiger partial charge in [0.05, 0.1) is 0 Å². The number of hydrogen-bond acceptors (Lipinski definition) is 1. The van der Waals surface area contributed by atoms with Crippen molar-refractivity contribution in [2.24, 2.45) is 5.92 Å². The minimum absolute atomic E-state index is 0.586. The van der Waals surface area contributed by atoms with Crippen LogP contribution in [-0.2, 0) is 13.0 Å². The van der Waals surface area contributed by atoms with E-state index in [1.165, 1.54) is 33.5 Å². The summed E-state index contributed by atoms with van der Waals surface area (Å²) < 4.78 is 0. The molecule has 0 spiro atoms. The third-order valence-corrected chi connectivity index (χ3v) is 5.17. The summed E-state index contributed by atoms with van der Waals surface area (Å²) in [5.41, 5.74) is 8.08. The molecule has 0 bridgehead atoms. The average Bonchev–Trinajstić information content (AvgIpc) is 2.68. The second-order valence-corrected chi connectivity index (χ2v) is 7.31. The molecule has 1 aliphatic rings. The molecule has 4 rings (SSSR count). The first kappa shape index (κ1) is 16.7. The lowest BCUT2D eigenvalue weighted by Crippen LogP contribution is -2.21. The Kier molecular flexibility index (Phi) is 4.62. The number of nitrogens with zero attached hydrogens (tertiary/aromatic N) is 1. The quantitative estimate of drug-likeness (QED) is 0.562. The fraction of sp³-hybridized carbons (Fsp3) is 0.200. The topological polar surface area (TPSA) is 3.24 Å². The molecule has 1 unspecified atom stereocenters. The van der Waals surface area contributed by atoms with Gasteiger partial charge in [-0.15, -0.1) is 0 Å². The Labute approximate surface area is 156 Å². The molecule has 3 aromatic rings. The molecule has 0 amide bonds. The molecular weight excluding hydrogens is 314 g/mol. The van der Waals surface area contributed by atoms with Gasteiger partial charge in [-0.1, -0.05) is 91.9 Å². The zero-order valence-corrected chi connectivity index (χ0v) is 15.5. The highest BCUT2D eigenvalue weighted by atomic mass is 15.1. The molecule has 26 heavy (non-hydrogen) atoms. The van der Waals surface area contributed by atoms with Gasteiger partial charge in [0, 0.05) is 24.9 Å².